The predicted molar refractivity (Wildman–Crippen MR) is 71.5 cm³/mol. The Morgan fingerprint density at radius 2 is 1.89 bits per heavy atom. The minimum Gasteiger partial charge on any atom is -0.481 e. The van der Waals surface area contributed by atoms with Crippen LogP contribution in [0.4, 0.5) is 0 Å². The van der Waals surface area contributed by atoms with E-state index in [0.29, 0.717) is 5.75 Å². The monoisotopic (exact) mass is 266 g/mol. The Hall–Kier alpha value is -1.75. The summed E-state index contributed by atoms with van der Waals surface area (Å²) in [6.45, 7) is 3.64. The number of carboxylic acids is 2. The lowest BCUT2D eigenvalue weighted by molar-refractivity contribution is -0.142. The summed E-state index contributed by atoms with van der Waals surface area (Å²) in [6.07, 6.45) is 1.35. The van der Waals surface area contributed by atoms with Gasteiger partial charge in [0.25, 0.3) is 0 Å². The second-order valence-corrected chi connectivity index (χ2v) is 4.87. The first kappa shape index (κ1) is 14.3. The molecule has 18 heavy (non-hydrogen) atoms. The zero-order chi connectivity index (χ0) is 13.5. The first-order valence-electron chi connectivity index (χ1n) is 5.30. The Labute approximate surface area is 109 Å². The maximum absolute atomic E-state index is 10.9. The van der Waals surface area contributed by atoms with Crippen LogP contribution in [-0.2, 0) is 15.3 Å². The molecular weight excluding hydrogens is 252 g/mol. The van der Waals surface area contributed by atoms with Gasteiger partial charge in [-0.05, 0) is 11.1 Å². The molecular formula is C13H14O4S. The summed E-state index contributed by atoms with van der Waals surface area (Å²) in [7, 11) is 0. The average molecular weight is 266 g/mol. The molecule has 5 heteroatoms. The lowest BCUT2D eigenvalue weighted by atomic mass is 10.1. The molecule has 0 heterocycles. The lowest BCUT2D eigenvalue weighted by Crippen LogP contribution is -2.20. The van der Waals surface area contributed by atoms with Crippen LogP contribution in [0.5, 0.6) is 0 Å². The third-order valence-corrected chi connectivity index (χ3v) is 3.57. The van der Waals surface area contributed by atoms with Crippen molar-refractivity contribution in [3.63, 3.8) is 0 Å². The first-order valence-corrected chi connectivity index (χ1v) is 6.35. The largest absolute Gasteiger partial charge is 0.481 e. The Morgan fingerprint density at radius 1 is 1.28 bits per heavy atom. The van der Waals surface area contributed by atoms with Crippen molar-refractivity contribution < 1.29 is 19.8 Å². The Morgan fingerprint density at radius 3 is 2.33 bits per heavy atom. The van der Waals surface area contributed by atoms with Crippen molar-refractivity contribution in [3.8, 4) is 0 Å². The normalized spacial score (nSPS) is 11.8. The molecule has 0 aliphatic rings. The number of benzene rings is 1. The van der Waals surface area contributed by atoms with Crippen molar-refractivity contribution in [3.05, 3.63) is 42.0 Å². The summed E-state index contributed by atoms with van der Waals surface area (Å²) >= 11 is 1.12. The van der Waals surface area contributed by atoms with E-state index in [-0.39, 0.29) is 6.42 Å². The summed E-state index contributed by atoms with van der Waals surface area (Å²) in [4.78, 5) is 21.4. The Bertz CT molecular complexity index is 439. The van der Waals surface area contributed by atoms with Crippen molar-refractivity contribution >= 4 is 29.8 Å². The van der Waals surface area contributed by atoms with Crippen LogP contribution in [0.2, 0.25) is 0 Å². The van der Waals surface area contributed by atoms with Gasteiger partial charge in [0.2, 0.25) is 0 Å². The highest BCUT2D eigenvalue weighted by Crippen LogP contribution is 2.21. The van der Waals surface area contributed by atoms with E-state index in [0.717, 1.165) is 22.9 Å². The highest BCUT2D eigenvalue weighted by molar-refractivity contribution is 7.99. The molecule has 0 aliphatic carbocycles. The molecule has 1 unspecified atom stereocenters. The molecule has 0 aliphatic heterocycles. The van der Waals surface area contributed by atoms with E-state index in [1.54, 1.807) is 6.08 Å². The van der Waals surface area contributed by atoms with Crippen LogP contribution in [0.1, 0.15) is 17.5 Å². The van der Waals surface area contributed by atoms with E-state index in [9.17, 15) is 9.59 Å². The van der Waals surface area contributed by atoms with Gasteiger partial charge in [0.05, 0.1) is 6.42 Å². The maximum atomic E-state index is 10.9. The third kappa shape index (κ3) is 4.63. The lowest BCUT2D eigenvalue weighted by Gasteiger charge is -2.09. The van der Waals surface area contributed by atoms with Gasteiger partial charge in [0.15, 0.2) is 0 Å². The molecule has 2 N–H and O–H groups in total. The predicted octanol–water partition coefficient (Wildman–Crippen LogP) is 2.49. The molecule has 0 saturated heterocycles. The standard InChI is InChI=1S/C13H14O4S/c1-2-9-3-5-10(6-4-9)8-18-11(13(16)17)7-12(14)15/h2-6,11H,1,7-8H2,(H,14,15)(H,16,17). The van der Waals surface area contributed by atoms with Crippen LogP contribution in [-0.4, -0.2) is 27.4 Å². The van der Waals surface area contributed by atoms with Crippen LogP contribution in [0.3, 0.4) is 0 Å². The van der Waals surface area contributed by atoms with Crippen molar-refractivity contribution in [2.24, 2.45) is 0 Å². The molecule has 0 aromatic heterocycles. The van der Waals surface area contributed by atoms with E-state index < -0.39 is 17.2 Å². The van der Waals surface area contributed by atoms with Crippen LogP contribution >= 0.6 is 11.8 Å². The second kappa shape index (κ2) is 6.86. The van der Waals surface area contributed by atoms with Crippen LogP contribution in [0.25, 0.3) is 6.08 Å². The fourth-order valence-corrected chi connectivity index (χ4v) is 2.31. The zero-order valence-electron chi connectivity index (χ0n) is 9.70. The first-order chi connectivity index (χ1) is 8.52. The van der Waals surface area contributed by atoms with Gasteiger partial charge in [-0.2, -0.15) is 0 Å². The minimum absolute atomic E-state index is 0.370. The highest BCUT2D eigenvalue weighted by Gasteiger charge is 2.21. The molecule has 0 amide bonds. The molecule has 1 aromatic rings. The molecule has 0 radical (unpaired) electrons. The van der Waals surface area contributed by atoms with Gasteiger partial charge < -0.3 is 10.2 Å². The van der Waals surface area contributed by atoms with Gasteiger partial charge in [0.1, 0.15) is 5.25 Å². The molecule has 0 spiro atoms. The van der Waals surface area contributed by atoms with Gasteiger partial charge in [-0.1, -0.05) is 36.9 Å². The number of hydrogen-bond acceptors (Lipinski definition) is 3. The van der Waals surface area contributed by atoms with E-state index in [1.165, 1.54) is 0 Å². The van der Waals surface area contributed by atoms with E-state index in [4.69, 9.17) is 10.2 Å². The summed E-state index contributed by atoms with van der Waals surface area (Å²) in [5.41, 5.74) is 1.95. The Balaban J connectivity index is 2.57. The van der Waals surface area contributed by atoms with E-state index in [2.05, 4.69) is 6.58 Å². The number of rotatable bonds is 7. The van der Waals surface area contributed by atoms with Gasteiger partial charge >= 0.3 is 11.9 Å². The van der Waals surface area contributed by atoms with Gasteiger partial charge in [-0.15, -0.1) is 11.8 Å². The van der Waals surface area contributed by atoms with Gasteiger partial charge in [0, 0.05) is 5.75 Å². The Kier molecular flexibility index (Phi) is 5.45. The number of aliphatic carboxylic acids is 2. The molecule has 96 valence electrons. The molecule has 1 aromatic carbocycles. The average Bonchev–Trinajstić information content (AvgIpc) is 2.34. The molecule has 0 bridgehead atoms. The van der Waals surface area contributed by atoms with E-state index in [1.807, 2.05) is 24.3 Å². The molecule has 1 rings (SSSR count). The zero-order valence-corrected chi connectivity index (χ0v) is 10.5. The van der Waals surface area contributed by atoms with Crippen molar-refractivity contribution in [2.45, 2.75) is 17.4 Å². The van der Waals surface area contributed by atoms with Crippen molar-refractivity contribution in [1.29, 1.82) is 0 Å². The van der Waals surface area contributed by atoms with E-state index >= 15 is 0 Å². The van der Waals surface area contributed by atoms with Crippen LogP contribution < -0.4 is 0 Å². The van der Waals surface area contributed by atoms with Crippen molar-refractivity contribution in [2.75, 3.05) is 0 Å². The fraction of sp³-hybridized carbons (Fsp3) is 0.231. The molecule has 4 nitrogen and oxygen atoms in total. The number of hydrogen-bond donors (Lipinski definition) is 2. The summed E-state index contributed by atoms with van der Waals surface area (Å²) in [5.74, 6) is -1.72. The molecule has 0 saturated carbocycles. The summed E-state index contributed by atoms with van der Waals surface area (Å²) < 4.78 is 0. The molecule has 0 fully saturated rings. The minimum atomic E-state index is -1.10. The number of thioether (sulfide) groups is 1. The fourth-order valence-electron chi connectivity index (χ4n) is 1.32. The third-order valence-electron chi connectivity index (χ3n) is 2.30. The second-order valence-electron chi connectivity index (χ2n) is 3.68. The molecule has 1 atom stereocenters. The SMILES string of the molecule is C=Cc1ccc(CSC(CC(=O)O)C(=O)O)cc1. The summed E-state index contributed by atoms with van der Waals surface area (Å²) in [5, 5.41) is 16.6. The smallest absolute Gasteiger partial charge is 0.317 e. The van der Waals surface area contributed by atoms with Crippen LogP contribution in [0, 0.1) is 0 Å². The van der Waals surface area contributed by atoms with Crippen LogP contribution in [0.15, 0.2) is 30.8 Å². The van der Waals surface area contributed by atoms with Gasteiger partial charge in [-0.3, -0.25) is 9.59 Å². The maximum Gasteiger partial charge on any atom is 0.317 e. The quantitative estimate of drug-likeness (QED) is 0.793. The number of carboxylic acid groups (broad SMARTS) is 2. The van der Waals surface area contributed by atoms with Gasteiger partial charge in [-0.25, -0.2) is 0 Å². The van der Waals surface area contributed by atoms with Crippen molar-refractivity contribution in [1.82, 2.24) is 0 Å². The highest BCUT2D eigenvalue weighted by atomic mass is 32.2. The number of carbonyl (C=O) groups is 2. The summed E-state index contributed by atoms with van der Waals surface area (Å²) in [6, 6.07) is 7.53. The topological polar surface area (TPSA) is 74.6 Å².